The van der Waals surface area contributed by atoms with Crippen LogP contribution in [0.4, 0.5) is 5.69 Å². The van der Waals surface area contributed by atoms with Gasteiger partial charge in [-0.05, 0) is 37.3 Å². The van der Waals surface area contributed by atoms with Crippen molar-refractivity contribution in [3.63, 3.8) is 0 Å². The van der Waals surface area contributed by atoms with Crippen molar-refractivity contribution in [1.29, 1.82) is 0 Å². The van der Waals surface area contributed by atoms with Crippen LogP contribution in [0.25, 0.3) is 11.5 Å². The minimum absolute atomic E-state index is 0.114. The van der Waals surface area contributed by atoms with Crippen LogP contribution in [0.5, 0.6) is 0 Å². The van der Waals surface area contributed by atoms with Crippen LogP contribution in [-0.2, 0) is 4.79 Å². The molecule has 0 radical (unpaired) electrons. The molecule has 0 aliphatic rings. The minimum atomic E-state index is -0.114. The summed E-state index contributed by atoms with van der Waals surface area (Å²) in [6.45, 7) is 1.75. The third-order valence-corrected chi connectivity index (χ3v) is 4.48. The molecule has 6 nitrogen and oxygen atoms in total. The van der Waals surface area contributed by atoms with Gasteiger partial charge in [0.05, 0.1) is 11.3 Å². The van der Waals surface area contributed by atoms with E-state index in [0.29, 0.717) is 16.7 Å². The summed E-state index contributed by atoms with van der Waals surface area (Å²) in [6, 6.07) is 11.1. The lowest BCUT2D eigenvalue weighted by Crippen LogP contribution is -2.14. The van der Waals surface area contributed by atoms with Gasteiger partial charge in [-0.2, -0.15) is 4.98 Å². The van der Waals surface area contributed by atoms with Crippen LogP contribution in [0.3, 0.4) is 0 Å². The lowest BCUT2D eigenvalue weighted by atomic mass is 10.3. The van der Waals surface area contributed by atoms with Gasteiger partial charge >= 0.3 is 0 Å². The monoisotopic (exact) mass is 404 g/mol. The van der Waals surface area contributed by atoms with E-state index >= 15 is 0 Å². The highest BCUT2D eigenvalue weighted by Gasteiger charge is 2.14. The lowest BCUT2D eigenvalue weighted by Gasteiger charge is -2.06. The molecule has 8 heteroatoms. The number of nitrogens with one attached hydrogen (secondary N) is 1. The molecule has 0 atom stereocenters. The van der Waals surface area contributed by atoms with E-state index in [1.807, 2.05) is 30.3 Å². The first kappa shape index (κ1) is 16.7. The van der Waals surface area contributed by atoms with E-state index in [1.165, 1.54) is 11.8 Å². The molecule has 0 unspecified atom stereocenters. The number of hydrogen-bond acceptors (Lipinski definition) is 6. The number of nitrogens with zero attached hydrogens (tertiary/aromatic N) is 3. The summed E-state index contributed by atoms with van der Waals surface area (Å²) in [7, 11) is 0. The predicted octanol–water partition coefficient (Wildman–Crippen LogP) is 3.93. The molecular weight excluding hydrogens is 392 g/mol. The molecule has 1 aromatic carbocycles. The molecular formula is C16H13BrN4O2S. The van der Waals surface area contributed by atoms with E-state index < -0.39 is 0 Å². The fourth-order valence-corrected chi connectivity index (χ4v) is 3.16. The Morgan fingerprint density at radius 2 is 2.21 bits per heavy atom. The molecule has 0 aliphatic carbocycles. The summed E-state index contributed by atoms with van der Waals surface area (Å²) < 4.78 is 6.10. The highest BCUT2D eigenvalue weighted by atomic mass is 79.9. The molecule has 3 aromatic rings. The van der Waals surface area contributed by atoms with Crippen LogP contribution in [0.15, 0.2) is 56.6 Å². The summed E-state index contributed by atoms with van der Waals surface area (Å²) in [5.41, 5.74) is 1.46. The number of hydrogen-bond donors (Lipinski definition) is 1. The largest absolute Gasteiger partial charge is 0.334 e. The number of thioether (sulfide) groups is 1. The highest BCUT2D eigenvalue weighted by Crippen LogP contribution is 2.28. The number of carbonyl (C=O) groups is 1. The van der Waals surface area contributed by atoms with Gasteiger partial charge in [0.1, 0.15) is 5.03 Å². The van der Waals surface area contributed by atoms with Gasteiger partial charge in [0.15, 0.2) is 5.82 Å². The molecule has 2 aromatic heterocycles. The number of halogens is 1. The molecule has 0 bridgehead atoms. The topological polar surface area (TPSA) is 80.9 Å². The van der Waals surface area contributed by atoms with Crippen molar-refractivity contribution in [1.82, 2.24) is 15.1 Å². The third kappa shape index (κ3) is 4.21. The Kier molecular flexibility index (Phi) is 5.27. The van der Waals surface area contributed by atoms with Gasteiger partial charge in [0, 0.05) is 16.4 Å². The normalized spacial score (nSPS) is 10.6. The second-order valence-electron chi connectivity index (χ2n) is 4.85. The first-order chi connectivity index (χ1) is 11.6. The van der Waals surface area contributed by atoms with Crippen LogP contribution in [0.2, 0.25) is 0 Å². The molecule has 3 rings (SSSR count). The summed E-state index contributed by atoms with van der Waals surface area (Å²) in [5, 5.41) is 7.31. The van der Waals surface area contributed by atoms with E-state index in [0.717, 1.165) is 15.7 Å². The number of pyridine rings is 1. The molecule has 1 amide bonds. The maximum atomic E-state index is 12.1. The molecule has 122 valence electrons. The van der Waals surface area contributed by atoms with Gasteiger partial charge in [0.25, 0.3) is 5.89 Å². The first-order valence-corrected chi connectivity index (χ1v) is 8.83. The van der Waals surface area contributed by atoms with Crippen LogP contribution in [-0.4, -0.2) is 26.8 Å². The highest BCUT2D eigenvalue weighted by molar-refractivity contribution is 9.10. The smallest absolute Gasteiger partial charge is 0.260 e. The van der Waals surface area contributed by atoms with E-state index in [9.17, 15) is 4.79 Å². The lowest BCUT2D eigenvalue weighted by molar-refractivity contribution is -0.113. The van der Waals surface area contributed by atoms with Gasteiger partial charge in [-0.25, -0.2) is 4.98 Å². The Labute approximate surface area is 151 Å². The molecule has 2 heterocycles. The van der Waals surface area contributed by atoms with Crippen molar-refractivity contribution < 1.29 is 9.32 Å². The number of aryl methyl sites for hydroxylation is 1. The maximum absolute atomic E-state index is 12.1. The third-order valence-electron chi connectivity index (χ3n) is 2.98. The zero-order chi connectivity index (χ0) is 16.9. The van der Waals surface area contributed by atoms with Crippen molar-refractivity contribution in [2.24, 2.45) is 0 Å². The van der Waals surface area contributed by atoms with Crippen molar-refractivity contribution in [2.75, 3.05) is 11.1 Å². The second kappa shape index (κ2) is 7.59. The van der Waals surface area contributed by atoms with E-state index in [2.05, 4.69) is 36.4 Å². The average Bonchev–Trinajstić information content (AvgIpc) is 2.99. The molecule has 0 fully saturated rings. The van der Waals surface area contributed by atoms with Crippen LogP contribution < -0.4 is 5.32 Å². The predicted molar refractivity (Wildman–Crippen MR) is 95.8 cm³/mol. The maximum Gasteiger partial charge on any atom is 0.260 e. The number of benzene rings is 1. The fraction of sp³-hybridized carbons (Fsp3) is 0.125. The number of anilines is 1. The van der Waals surface area contributed by atoms with Gasteiger partial charge in [-0.1, -0.05) is 38.9 Å². The Morgan fingerprint density at radius 1 is 1.33 bits per heavy atom. The quantitative estimate of drug-likeness (QED) is 0.648. The van der Waals surface area contributed by atoms with Crippen molar-refractivity contribution in [3.8, 4) is 11.5 Å². The molecule has 0 spiro atoms. The van der Waals surface area contributed by atoms with Gasteiger partial charge < -0.3 is 9.84 Å². The van der Waals surface area contributed by atoms with E-state index in [-0.39, 0.29) is 11.7 Å². The van der Waals surface area contributed by atoms with Crippen LogP contribution in [0, 0.1) is 6.92 Å². The fourth-order valence-electron chi connectivity index (χ4n) is 1.97. The van der Waals surface area contributed by atoms with Crippen molar-refractivity contribution in [2.45, 2.75) is 11.9 Å². The van der Waals surface area contributed by atoms with Crippen molar-refractivity contribution in [3.05, 3.63) is 52.9 Å². The average molecular weight is 405 g/mol. The zero-order valence-electron chi connectivity index (χ0n) is 12.7. The molecule has 24 heavy (non-hydrogen) atoms. The number of rotatable bonds is 5. The Bertz CT molecular complexity index is 869. The van der Waals surface area contributed by atoms with E-state index in [4.69, 9.17) is 4.52 Å². The van der Waals surface area contributed by atoms with Crippen molar-refractivity contribution >= 4 is 39.3 Å². The summed E-state index contributed by atoms with van der Waals surface area (Å²) in [6.07, 6.45) is 1.67. The van der Waals surface area contributed by atoms with Crippen LogP contribution >= 0.6 is 27.7 Å². The summed E-state index contributed by atoms with van der Waals surface area (Å²) in [5.74, 6) is 1.06. The summed E-state index contributed by atoms with van der Waals surface area (Å²) >= 11 is 4.70. The second-order valence-corrected chi connectivity index (χ2v) is 6.73. The van der Waals surface area contributed by atoms with Gasteiger partial charge in [0.2, 0.25) is 5.91 Å². The SMILES string of the molecule is Cc1noc(-c2cccnc2SCC(=O)Nc2cccc(Br)c2)n1. The number of carbonyl (C=O) groups excluding carboxylic acids is 1. The van der Waals surface area contributed by atoms with Crippen LogP contribution in [0.1, 0.15) is 5.82 Å². The number of amides is 1. The number of aromatic nitrogens is 3. The molecule has 0 saturated carbocycles. The Balaban J connectivity index is 1.67. The molecule has 0 saturated heterocycles. The minimum Gasteiger partial charge on any atom is -0.334 e. The Hall–Kier alpha value is -2.19. The van der Waals surface area contributed by atoms with E-state index in [1.54, 1.807) is 19.2 Å². The first-order valence-electron chi connectivity index (χ1n) is 7.06. The zero-order valence-corrected chi connectivity index (χ0v) is 15.1. The molecule has 0 aliphatic heterocycles. The molecule has 1 N–H and O–H groups in total. The Morgan fingerprint density at radius 3 is 2.96 bits per heavy atom. The van der Waals surface area contributed by atoms with Gasteiger partial charge in [-0.3, -0.25) is 4.79 Å². The standard InChI is InChI=1S/C16H13BrN4O2S/c1-10-19-15(23-21-10)13-6-3-7-18-16(13)24-9-14(22)20-12-5-2-4-11(17)8-12/h2-8H,9H2,1H3,(H,20,22). The summed E-state index contributed by atoms with van der Waals surface area (Å²) in [4.78, 5) is 20.6. The van der Waals surface area contributed by atoms with Gasteiger partial charge in [-0.15, -0.1) is 0 Å².